The maximum absolute atomic E-state index is 10.5. The molecule has 3 atom stereocenters. The van der Waals surface area contributed by atoms with Crippen LogP contribution < -0.4 is 0 Å². The molecule has 0 aromatic carbocycles. The molecule has 16 heavy (non-hydrogen) atoms. The average molecular weight is 218 g/mol. The lowest BCUT2D eigenvalue weighted by Gasteiger charge is -2.36. The van der Waals surface area contributed by atoms with E-state index in [0.29, 0.717) is 5.41 Å². The number of hydrogen-bond acceptors (Lipinski definition) is 1. The summed E-state index contributed by atoms with van der Waals surface area (Å²) in [6.45, 7) is 8.58. The molecule has 0 N–H and O–H groups in total. The van der Waals surface area contributed by atoms with Crippen molar-refractivity contribution in [2.75, 3.05) is 0 Å². The smallest absolute Gasteiger partial charge is 0.145 e. The van der Waals surface area contributed by atoms with Gasteiger partial charge in [0.25, 0.3) is 0 Å². The summed E-state index contributed by atoms with van der Waals surface area (Å²) in [6.07, 6.45) is 9.31. The second kappa shape index (κ2) is 4.20. The number of hydrogen-bond donors (Lipinski definition) is 0. The van der Waals surface area contributed by atoms with Gasteiger partial charge in [-0.3, -0.25) is 4.79 Å². The van der Waals surface area contributed by atoms with Crippen molar-refractivity contribution in [3.8, 4) is 0 Å². The first kappa shape index (κ1) is 11.6. The van der Waals surface area contributed by atoms with E-state index in [-0.39, 0.29) is 0 Å². The molecule has 1 nitrogen and oxygen atoms in total. The van der Waals surface area contributed by atoms with E-state index < -0.39 is 0 Å². The highest BCUT2D eigenvalue weighted by atomic mass is 16.1. The van der Waals surface area contributed by atoms with Crippen LogP contribution in [0.3, 0.4) is 0 Å². The standard InChI is InChI=1S/C15H22O/c1-11(10-16)5-4-8-15(3)12(2)13-6-7-14(15)9-13/h5,10,13-14H,2,4,6-9H2,1,3H3. The quantitative estimate of drug-likeness (QED) is 0.397. The lowest BCUT2D eigenvalue weighted by atomic mass is 9.69. The Labute approximate surface area is 98.6 Å². The molecule has 2 bridgehead atoms. The number of aldehydes is 1. The fourth-order valence-corrected chi connectivity index (χ4v) is 3.62. The van der Waals surface area contributed by atoms with E-state index in [4.69, 9.17) is 0 Å². The van der Waals surface area contributed by atoms with Crippen LogP contribution in [0.2, 0.25) is 0 Å². The molecule has 0 radical (unpaired) electrons. The van der Waals surface area contributed by atoms with Gasteiger partial charge in [-0.15, -0.1) is 0 Å². The topological polar surface area (TPSA) is 17.1 Å². The molecule has 0 saturated heterocycles. The van der Waals surface area contributed by atoms with E-state index in [2.05, 4.69) is 19.6 Å². The Morgan fingerprint density at radius 2 is 2.31 bits per heavy atom. The van der Waals surface area contributed by atoms with Crippen LogP contribution in [0.15, 0.2) is 23.8 Å². The summed E-state index contributed by atoms with van der Waals surface area (Å²) >= 11 is 0. The lowest BCUT2D eigenvalue weighted by molar-refractivity contribution is -0.104. The van der Waals surface area contributed by atoms with E-state index in [1.807, 2.05) is 6.92 Å². The Kier molecular flexibility index (Phi) is 3.05. The molecule has 88 valence electrons. The van der Waals surface area contributed by atoms with Crippen molar-refractivity contribution >= 4 is 6.29 Å². The summed E-state index contributed by atoms with van der Waals surface area (Å²) in [6, 6.07) is 0. The molecule has 1 heteroatoms. The van der Waals surface area contributed by atoms with Crippen LogP contribution in [-0.2, 0) is 4.79 Å². The third kappa shape index (κ3) is 1.77. The van der Waals surface area contributed by atoms with Gasteiger partial charge in [0.2, 0.25) is 0 Å². The second-order valence-electron chi connectivity index (χ2n) is 5.75. The zero-order valence-corrected chi connectivity index (χ0v) is 10.5. The second-order valence-corrected chi connectivity index (χ2v) is 5.75. The van der Waals surface area contributed by atoms with Crippen LogP contribution in [0.5, 0.6) is 0 Å². The van der Waals surface area contributed by atoms with Gasteiger partial charge < -0.3 is 0 Å². The molecular weight excluding hydrogens is 196 g/mol. The van der Waals surface area contributed by atoms with Gasteiger partial charge in [0.1, 0.15) is 6.29 Å². The van der Waals surface area contributed by atoms with Crippen molar-refractivity contribution in [3.63, 3.8) is 0 Å². The van der Waals surface area contributed by atoms with Gasteiger partial charge in [0.05, 0.1) is 0 Å². The SMILES string of the molecule is C=C1C2CCC(C2)C1(C)CCC=C(C)C=O. The van der Waals surface area contributed by atoms with Crippen LogP contribution >= 0.6 is 0 Å². The number of carbonyl (C=O) groups excluding carboxylic acids is 1. The maximum atomic E-state index is 10.5. The Morgan fingerprint density at radius 1 is 1.56 bits per heavy atom. The highest BCUT2D eigenvalue weighted by Crippen LogP contribution is 2.60. The van der Waals surface area contributed by atoms with Crippen molar-refractivity contribution < 1.29 is 4.79 Å². The van der Waals surface area contributed by atoms with Crippen molar-refractivity contribution in [3.05, 3.63) is 23.8 Å². The average Bonchev–Trinajstić information content (AvgIpc) is 2.83. The number of fused-ring (bicyclic) bond motifs is 2. The molecule has 2 saturated carbocycles. The van der Waals surface area contributed by atoms with Crippen LogP contribution in [0.25, 0.3) is 0 Å². The Bertz CT molecular complexity index is 339. The Hall–Kier alpha value is -0.850. The summed E-state index contributed by atoms with van der Waals surface area (Å²) in [5, 5.41) is 0. The molecule has 0 aromatic rings. The van der Waals surface area contributed by atoms with Crippen LogP contribution in [0.1, 0.15) is 46.0 Å². The van der Waals surface area contributed by atoms with E-state index in [1.54, 1.807) is 0 Å². The van der Waals surface area contributed by atoms with Gasteiger partial charge in [-0.1, -0.05) is 25.2 Å². The Morgan fingerprint density at radius 3 is 2.88 bits per heavy atom. The van der Waals surface area contributed by atoms with Gasteiger partial charge in [-0.25, -0.2) is 0 Å². The maximum Gasteiger partial charge on any atom is 0.145 e. The molecule has 2 aliphatic carbocycles. The van der Waals surface area contributed by atoms with Crippen LogP contribution in [0.4, 0.5) is 0 Å². The van der Waals surface area contributed by atoms with Gasteiger partial charge >= 0.3 is 0 Å². The van der Waals surface area contributed by atoms with E-state index >= 15 is 0 Å². The number of rotatable bonds is 4. The van der Waals surface area contributed by atoms with Gasteiger partial charge in [0, 0.05) is 0 Å². The number of carbonyl (C=O) groups is 1. The van der Waals surface area contributed by atoms with E-state index in [9.17, 15) is 4.79 Å². The summed E-state index contributed by atoms with van der Waals surface area (Å²) in [5.41, 5.74) is 2.70. The van der Waals surface area contributed by atoms with Crippen LogP contribution in [-0.4, -0.2) is 6.29 Å². The lowest BCUT2D eigenvalue weighted by Crippen LogP contribution is -2.26. The fraction of sp³-hybridized carbons (Fsp3) is 0.667. The van der Waals surface area contributed by atoms with Crippen molar-refractivity contribution in [1.29, 1.82) is 0 Å². The summed E-state index contributed by atoms with van der Waals surface area (Å²) in [7, 11) is 0. The van der Waals surface area contributed by atoms with E-state index in [1.165, 1.54) is 24.8 Å². The molecule has 0 aliphatic heterocycles. The third-order valence-electron chi connectivity index (χ3n) is 4.88. The molecule has 3 unspecified atom stereocenters. The first-order valence-corrected chi connectivity index (χ1v) is 6.39. The molecule has 2 aliphatic rings. The molecule has 0 amide bonds. The Balaban J connectivity index is 1.99. The van der Waals surface area contributed by atoms with Crippen LogP contribution in [0, 0.1) is 17.3 Å². The molecule has 2 rings (SSSR count). The summed E-state index contributed by atoms with van der Waals surface area (Å²) in [5.74, 6) is 1.65. The zero-order valence-electron chi connectivity index (χ0n) is 10.5. The minimum Gasteiger partial charge on any atom is -0.298 e. The van der Waals surface area contributed by atoms with Gasteiger partial charge in [-0.2, -0.15) is 0 Å². The first-order valence-electron chi connectivity index (χ1n) is 6.39. The fourth-order valence-electron chi connectivity index (χ4n) is 3.62. The molecule has 0 aromatic heterocycles. The molecule has 0 heterocycles. The van der Waals surface area contributed by atoms with Crippen molar-refractivity contribution in [2.45, 2.75) is 46.0 Å². The molecular formula is C15H22O. The highest BCUT2D eigenvalue weighted by molar-refractivity contribution is 5.71. The monoisotopic (exact) mass is 218 g/mol. The van der Waals surface area contributed by atoms with Gasteiger partial charge in [-0.05, 0) is 61.9 Å². The van der Waals surface area contributed by atoms with Crippen molar-refractivity contribution in [2.24, 2.45) is 17.3 Å². The summed E-state index contributed by atoms with van der Waals surface area (Å²) in [4.78, 5) is 10.5. The van der Waals surface area contributed by atoms with Gasteiger partial charge in [0.15, 0.2) is 0 Å². The highest BCUT2D eigenvalue weighted by Gasteiger charge is 2.49. The first-order chi connectivity index (χ1) is 7.58. The van der Waals surface area contributed by atoms with E-state index in [0.717, 1.165) is 36.5 Å². The van der Waals surface area contributed by atoms with Crippen molar-refractivity contribution in [1.82, 2.24) is 0 Å². The third-order valence-corrected chi connectivity index (χ3v) is 4.88. The molecule has 2 fully saturated rings. The summed E-state index contributed by atoms with van der Waals surface area (Å²) < 4.78 is 0. The minimum absolute atomic E-state index is 0.350. The largest absolute Gasteiger partial charge is 0.298 e. The zero-order chi connectivity index (χ0) is 11.8. The molecule has 0 spiro atoms. The number of allylic oxidation sites excluding steroid dienone is 3. The normalized spacial score (nSPS) is 38.1. The predicted molar refractivity (Wildman–Crippen MR) is 67.1 cm³/mol. The minimum atomic E-state index is 0.350. The predicted octanol–water partition coefficient (Wildman–Crippen LogP) is 3.90.